The van der Waals surface area contributed by atoms with E-state index in [0.717, 1.165) is 0 Å². The van der Waals surface area contributed by atoms with Crippen LogP contribution in [0.2, 0.25) is 0 Å². The van der Waals surface area contributed by atoms with Gasteiger partial charge in [-0.2, -0.15) is 4.98 Å². The Labute approximate surface area is 99.5 Å². The van der Waals surface area contributed by atoms with Crippen LogP contribution in [-0.2, 0) is 4.74 Å². The largest absolute Gasteiger partial charge is 0.467 e. The molecule has 7 heteroatoms. The number of amides is 1. The number of hydrogen-bond donors (Lipinski definition) is 2. The molecule has 0 aromatic carbocycles. The number of carbonyl (C=O) groups is 1. The number of carbonyl (C=O) groups excluding carboxylic acids is 1. The molecule has 1 aromatic rings. The highest BCUT2D eigenvalue weighted by Gasteiger charge is 2.15. The van der Waals surface area contributed by atoms with E-state index >= 15 is 0 Å². The zero-order valence-corrected chi connectivity index (χ0v) is 10.3. The molecule has 94 valence electrons. The van der Waals surface area contributed by atoms with E-state index in [9.17, 15) is 4.79 Å². The number of anilines is 1. The number of ether oxygens (including phenoxy) is 2. The van der Waals surface area contributed by atoms with Crippen molar-refractivity contribution in [3.63, 3.8) is 0 Å². The Morgan fingerprint density at radius 1 is 1.41 bits per heavy atom. The molecule has 1 rings (SSSR count). The van der Waals surface area contributed by atoms with Crippen LogP contribution < -0.4 is 15.6 Å². The van der Waals surface area contributed by atoms with Crippen molar-refractivity contribution in [2.45, 2.75) is 26.4 Å². The van der Waals surface area contributed by atoms with Crippen LogP contribution in [0.3, 0.4) is 0 Å². The Kier molecular flexibility index (Phi) is 4.08. The molecular formula is C10H16N4O3. The summed E-state index contributed by atoms with van der Waals surface area (Å²) in [5, 5.41) is 0. The first-order chi connectivity index (χ1) is 7.90. The fraction of sp³-hybridized carbons (Fsp3) is 0.500. The third kappa shape index (κ3) is 5.01. The molecule has 1 aromatic heterocycles. The van der Waals surface area contributed by atoms with Gasteiger partial charge in [-0.1, -0.05) is 0 Å². The molecule has 17 heavy (non-hydrogen) atoms. The molecule has 0 aliphatic carbocycles. The van der Waals surface area contributed by atoms with E-state index in [-0.39, 0.29) is 6.01 Å². The first kappa shape index (κ1) is 13.0. The normalized spacial score (nSPS) is 10.6. The summed E-state index contributed by atoms with van der Waals surface area (Å²) in [6.07, 6.45) is 0.917. The van der Waals surface area contributed by atoms with Crippen molar-refractivity contribution in [3.05, 3.63) is 12.3 Å². The number of methoxy groups -OCH3 is 1. The highest BCUT2D eigenvalue weighted by atomic mass is 16.6. The van der Waals surface area contributed by atoms with Gasteiger partial charge in [0.1, 0.15) is 5.60 Å². The van der Waals surface area contributed by atoms with Gasteiger partial charge in [0.25, 0.3) is 0 Å². The van der Waals surface area contributed by atoms with Crippen LogP contribution in [0, 0.1) is 0 Å². The van der Waals surface area contributed by atoms with Crippen molar-refractivity contribution in [2.75, 3.05) is 12.5 Å². The Hall–Kier alpha value is -2.05. The van der Waals surface area contributed by atoms with Crippen molar-refractivity contribution >= 4 is 11.9 Å². The zero-order chi connectivity index (χ0) is 12.9. The van der Waals surface area contributed by atoms with Crippen LogP contribution in [-0.4, -0.2) is 28.8 Å². The van der Waals surface area contributed by atoms with E-state index < -0.39 is 11.7 Å². The highest BCUT2D eigenvalue weighted by Crippen LogP contribution is 2.08. The Morgan fingerprint density at radius 3 is 2.71 bits per heavy atom. The number of hydrazine groups is 1. The first-order valence-corrected chi connectivity index (χ1v) is 5.03. The van der Waals surface area contributed by atoms with Crippen LogP contribution in [0.4, 0.5) is 10.6 Å². The second-order valence-corrected chi connectivity index (χ2v) is 4.18. The monoisotopic (exact) mass is 240 g/mol. The van der Waals surface area contributed by atoms with Gasteiger partial charge >= 0.3 is 12.1 Å². The molecule has 0 unspecified atom stereocenters. The average molecular weight is 240 g/mol. The summed E-state index contributed by atoms with van der Waals surface area (Å²) < 4.78 is 9.86. The summed E-state index contributed by atoms with van der Waals surface area (Å²) in [5.74, 6) is 0.405. The van der Waals surface area contributed by atoms with E-state index in [1.165, 1.54) is 13.3 Å². The van der Waals surface area contributed by atoms with Crippen molar-refractivity contribution in [3.8, 4) is 6.01 Å². The molecule has 0 saturated carbocycles. The smallest absolute Gasteiger partial charge is 0.426 e. The van der Waals surface area contributed by atoms with Gasteiger partial charge in [-0.15, -0.1) is 0 Å². The van der Waals surface area contributed by atoms with E-state index in [1.807, 2.05) is 0 Å². The van der Waals surface area contributed by atoms with Crippen molar-refractivity contribution < 1.29 is 14.3 Å². The molecule has 0 atom stereocenters. The van der Waals surface area contributed by atoms with Gasteiger partial charge in [-0.25, -0.2) is 15.2 Å². The molecule has 0 aliphatic heterocycles. The fourth-order valence-electron chi connectivity index (χ4n) is 0.927. The maximum atomic E-state index is 11.3. The molecule has 0 fully saturated rings. The SMILES string of the molecule is COc1nccc(NNC(=O)OC(C)(C)C)n1. The van der Waals surface area contributed by atoms with E-state index in [0.29, 0.717) is 5.82 Å². The topological polar surface area (TPSA) is 85.4 Å². The summed E-state index contributed by atoms with van der Waals surface area (Å²) in [7, 11) is 1.46. The van der Waals surface area contributed by atoms with Crippen LogP contribution in [0.1, 0.15) is 20.8 Å². The summed E-state index contributed by atoms with van der Waals surface area (Å²) in [6, 6.07) is 1.79. The third-order valence-electron chi connectivity index (χ3n) is 1.51. The minimum atomic E-state index is -0.588. The van der Waals surface area contributed by atoms with Gasteiger partial charge in [0.2, 0.25) is 0 Å². The lowest BCUT2D eigenvalue weighted by molar-refractivity contribution is 0.0540. The lowest BCUT2D eigenvalue weighted by Gasteiger charge is -2.19. The Bertz CT molecular complexity index is 389. The van der Waals surface area contributed by atoms with Gasteiger partial charge in [0.05, 0.1) is 7.11 Å². The van der Waals surface area contributed by atoms with Crippen molar-refractivity contribution in [1.82, 2.24) is 15.4 Å². The number of nitrogens with zero attached hydrogens (tertiary/aromatic N) is 2. The van der Waals surface area contributed by atoms with Gasteiger partial charge < -0.3 is 9.47 Å². The van der Waals surface area contributed by atoms with Gasteiger partial charge in [0.15, 0.2) is 5.82 Å². The molecule has 0 aliphatic rings. The molecule has 0 spiro atoms. The minimum Gasteiger partial charge on any atom is -0.467 e. The summed E-state index contributed by atoms with van der Waals surface area (Å²) >= 11 is 0. The molecular weight excluding hydrogens is 224 g/mol. The molecule has 1 heterocycles. The van der Waals surface area contributed by atoms with Crippen molar-refractivity contribution in [1.29, 1.82) is 0 Å². The molecule has 0 saturated heterocycles. The molecule has 1 amide bonds. The lowest BCUT2D eigenvalue weighted by Crippen LogP contribution is -2.36. The lowest BCUT2D eigenvalue weighted by atomic mass is 10.2. The molecule has 2 N–H and O–H groups in total. The maximum absolute atomic E-state index is 11.3. The van der Waals surface area contributed by atoms with Crippen LogP contribution in [0.5, 0.6) is 6.01 Å². The molecule has 0 bridgehead atoms. The fourth-order valence-corrected chi connectivity index (χ4v) is 0.927. The number of hydrogen-bond acceptors (Lipinski definition) is 6. The summed E-state index contributed by atoms with van der Waals surface area (Å²) in [5.41, 5.74) is 4.39. The van der Waals surface area contributed by atoms with Gasteiger partial charge in [0, 0.05) is 12.3 Å². The van der Waals surface area contributed by atoms with E-state index in [2.05, 4.69) is 20.8 Å². The van der Waals surface area contributed by atoms with Crippen LogP contribution in [0.25, 0.3) is 0 Å². The predicted octanol–water partition coefficient (Wildman–Crippen LogP) is 1.34. The Morgan fingerprint density at radius 2 is 2.12 bits per heavy atom. The average Bonchev–Trinajstić information content (AvgIpc) is 2.24. The second kappa shape index (κ2) is 5.33. The quantitative estimate of drug-likeness (QED) is 0.775. The van der Waals surface area contributed by atoms with E-state index in [1.54, 1.807) is 26.8 Å². The number of nitrogens with one attached hydrogen (secondary N) is 2. The van der Waals surface area contributed by atoms with Crippen LogP contribution >= 0.6 is 0 Å². The number of rotatable bonds is 3. The molecule has 0 radical (unpaired) electrons. The Balaban J connectivity index is 2.47. The zero-order valence-electron chi connectivity index (χ0n) is 10.3. The molecule has 7 nitrogen and oxygen atoms in total. The highest BCUT2D eigenvalue weighted by molar-refractivity contribution is 5.69. The number of aromatic nitrogens is 2. The maximum Gasteiger partial charge on any atom is 0.426 e. The third-order valence-corrected chi connectivity index (χ3v) is 1.51. The van der Waals surface area contributed by atoms with E-state index in [4.69, 9.17) is 9.47 Å². The second-order valence-electron chi connectivity index (χ2n) is 4.18. The standard InChI is InChI=1S/C10H16N4O3/c1-10(2,3)17-9(15)14-13-7-5-6-11-8(12-7)16-4/h5-6H,1-4H3,(H,14,15)(H,11,12,13). The first-order valence-electron chi connectivity index (χ1n) is 5.03. The predicted molar refractivity (Wildman–Crippen MR) is 61.6 cm³/mol. The van der Waals surface area contributed by atoms with Crippen molar-refractivity contribution in [2.24, 2.45) is 0 Å². The van der Waals surface area contributed by atoms with Gasteiger partial charge in [-0.3, -0.25) is 5.43 Å². The van der Waals surface area contributed by atoms with Gasteiger partial charge in [-0.05, 0) is 20.8 Å². The van der Waals surface area contributed by atoms with Crippen LogP contribution in [0.15, 0.2) is 12.3 Å². The minimum absolute atomic E-state index is 0.209. The summed E-state index contributed by atoms with van der Waals surface area (Å²) in [6.45, 7) is 5.33. The summed E-state index contributed by atoms with van der Waals surface area (Å²) in [4.78, 5) is 19.1.